The standard InChI is InChI=1S/C21H18Cl2N4O3/c1-12-7-15(14(3)26(12)18-9-16(22)8-17(23)10-18)11-24-25-21(28)19-5-4-6-20(13(19)2)27(29)30/h4-11H,1-3H3,(H,25,28)/b24-11-. The summed E-state index contributed by atoms with van der Waals surface area (Å²) in [6.45, 7) is 5.38. The third-order valence-corrected chi connectivity index (χ3v) is 5.13. The summed E-state index contributed by atoms with van der Waals surface area (Å²) in [5, 5.41) is 16.1. The largest absolute Gasteiger partial charge is 0.318 e. The van der Waals surface area contributed by atoms with Gasteiger partial charge in [-0.2, -0.15) is 5.10 Å². The van der Waals surface area contributed by atoms with Crippen LogP contribution < -0.4 is 5.43 Å². The van der Waals surface area contributed by atoms with E-state index in [1.807, 2.05) is 24.5 Å². The normalized spacial score (nSPS) is 11.1. The van der Waals surface area contributed by atoms with Crippen molar-refractivity contribution in [2.75, 3.05) is 0 Å². The number of aryl methyl sites for hydroxylation is 1. The van der Waals surface area contributed by atoms with E-state index in [1.54, 1.807) is 18.2 Å². The fourth-order valence-electron chi connectivity index (χ4n) is 3.27. The predicted molar refractivity (Wildman–Crippen MR) is 118 cm³/mol. The van der Waals surface area contributed by atoms with Crippen LogP contribution in [-0.4, -0.2) is 21.6 Å². The molecule has 0 spiro atoms. The van der Waals surface area contributed by atoms with Crippen molar-refractivity contribution in [3.8, 4) is 5.69 Å². The van der Waals surface area contributed by atoms with Crippen LogP contribution in [0.3, 0.4) is 0 Å². The summed E-state index contributed by atoms with van der Waals surface area (Å²) in [5.41, 5.74) is 6.22. The van der Waals surface area contributed by atoms with Crippen molar-refractivity contribution in [3.05, 3.63) is 90.7 Å². The van der Waals surface area contributed by atoms with E-state index in [4.69, 9.17) is 23.2 Å². The highest BCUT2D eigenvalue weighted by molar-refractivity contribution is 6.34. The highest BCUT2D eigenvalue weighted by Crippen LogP contribution is 2.26. The van der Waals surface area contributed by atoms with Gasteiger partial charge in [-0.05, 0) is 51.1 Å². The van der Waals surface area contributed by atoms with Crippen molar-refractivity contribution in [2.24, 2.45) is 5.10 Å². The molecular formula is C21H18Cl2N4O3. The van der Waals surface area contributed by atoms with Crippen LogP contribution in [0.1, 0.15) is 32.9 Å². The number of nitro benzene ring substituents is 1. The van der Waals surface area contributed by atoms with Gasteiger partial charge in [-0.3, -0.25) is 14.9 Å². The topological polar surface area (TPSA) is 89.5 Å². The Morgan fingerprint density at radius 2 is 1.80 bits per heavy atom. The number of hydrogen-bond acceptors (Lipinski definition) is 4. The van der Waals surface area contributed by atoms with Crippen LogP contribution in [0.25, 0.3) is 5.69 Å². The average molecular weight is 445 g/mol. The zero-order chi connectivity index (χ0) is 22.0. The lowest BCUT2D eigenvalue weighted by molar-refractivity contribution is -0.385. The number of nitrogens with one attached hydrogen (secondary N) is 1. The Morgan fingerprint density at radius 1 is 1.13 bits per heavy atom. The molecule has 0 bridgehead atoms. The van der Waals surface area contributed by atoms with Crippen molar-refractivity contribution in [1.29, 1.82) is 0 Å². The van der Waals surface area contributed by atoms with E-state index in [-0.39, 0.29) is 16.8 Å². The first-order valence-electron chi connectivity index (χ1n) is 8.92. The lowest BCUT2D eigenvalue weighted by atomic mass is 10.1. The second kappa shape index (κ2) is 8.69. The number of aromatic nitrogens is 1. The molecule has 0 saturated heterocycles. The van der Waals surface area contributed by atoms with Crippen LogP contribution in [0.4, 0.5) is 5.69 Å². The van der Waals surface area contributed by atoms with Crippen molar-refractivity contribution in [1.82, 2.24) is 9.99 Å². The zero-order valence-electron chi connectivity index (χ0n) is 16.4. The fourth-order valence-corrected chi connectivity index (χ4v) is 3.79. The van der Waals surface area contributed by atoms with Gasteiger partial charge >= 0.3 is 0 Å². The molecular weight excluding hydrogens is 427 g/mol. The van der Waals surface area contributed by atoms with Crippen LogP contribution in [0.5, 0.6) is 0 Å². The van der Waals surface area contributed by atoms with Gasteiger partial charge in [0.15, 0.2) is 0 Å². The van der Waals surface area contributed by atoms with Gasteiger partial charge < -0.3 is 4.57 Å². The van der Waals surface area contributed by atoms with E-state index in [2.05, 4.69) is 10.5 Å². The van der Waals surface area contributed by atoms with Gasteiger partial charge in [0.25, 0.3) is 11.6 Å². The molecule has 30 heavy (non-hydrogen) atoms. The third kappa shape index (κ3) is 4.37. The minimum atomic E-state index is -0.525. The number of nitro groups is 1. The van der Waals surface area contributed by atoms with E-state index < -0.39 is 10.8 Å². The third-order valence-electron chi connectivity index (χ3n) is 4.69. The molecule has 7 nitrogen and oxygen atoms in total. The lowest BCUT2D eigenvalue weighted by Crippen LogP contribution is -2.19. The van der Waals surface area contributed by atoms with Crippen molar-refractivity contribution in [3.63, 3.8) is 0 Å². The maximum Gasteiger partial charge on any atom is 0.273 e. The predicted octanol–water partition coefficient (Wildman–Crippen LogP) is 5.38. The number of carbonyl (C=O) groups excluding carboxylic acids is 1. The number of hydrazone groups is 1. The first kappa shape index (κ1) is 21.5. The van der Waals surface area contributed by atoms with Gasteiger partial charge in [-0.1, -0.05) is 29.3 Å². The van der Waals surface area contributed by atoms with Crippen molar-refractivity contribution < 1.29 is 9.72 Å². The van der Waals surface area contributed by atoms with Crippen molar-refractivity contribution >= 4 is 41.0 Å². The molecule has 0 aliphatic rings. The molecule has 0 aliphatic heterocycles. The molecule has 1 N–H and O–H groups in total. The summed E-state index contributed by atoms with van der Waals surface area (Å²) in [4.78, 5) is 22.9. The van der Waals surface area contributed by atoms with Gasteiger partial charge in [-0.15, -0.1) is 0 Å². The molecule has 0 saturated carbocycles. The molecule has 3 rings (SSSR count). The number of nitrogens with zero attached hydrogens (tertiary/aromatic N) is 3. The second-order valence-corrected chi connectivity index (χ2v) is 7.57. The van der Waals surface area contributed by atoms with Crippen LogP contribution in [0.15, 0.2) is 47.6 Å². The second-order valence-electron chi connectivity index (χ2n) is 6.70. The summed E-state index contributed by atoms with van der Waals surface area (Å²) in [6.07, 6.45) is 1.52. The molecule has 1 amide bonds. The van der Waals surface area contributed by atoms with Crippen LogP contribution in [0.2, 0.25) is 10.0 Å². The molecule has 0 fully saturated rings. The van der Waals surface area contributed by atoms with Crippen LogP contribution in [0, 0.1) is 30.9 Å². The summed E-state index contributed by atoms with van der Waals surface area (Å²) < 4.78 is 1.98. The Bertz CT molecular complexity index is 1160. The first-order valence-corrected chi connectivity index (χ1v) is 9.67. The summed E-state index contributed by atoms with van der Waals surface area (Å²) in [6, 6.07) is 11.5. The molecule has 9 heteroatoms. The van der Waals surface area contributed by atoms with Gasteiger partial charge in [0.05, 0.1) is 16.7 Å². The lowest BCUT2D eigenvalue weighted by Gasteiger charge is -2.10. The molecule has 1 aromatic heterocycles. The Kier molecular flexibility index (Phi) is 6.24. The van der Waals surface area contributed by atoms with Gasteiger partial charge in [0, 0.05) is 44.3 Å². The minimum Gasteiger partial charge on any atom is -0.318 e. The van der Waals surface area contributed by atoms with Gasteiger partial charge in [-0.25, -0.2) is 5.43 Å². The average Bonchev–Trinajstić information content (AvgIpc) is 2.94. The zero-order valence-corrected chi connectivity index (χ0v) is 18.0. The fraction of sp³-hybridized carbons (Fsp3) is 0.143. The summed E-state index contributed by atoms with van der Waals surface area (Å²) >= 11 is 12.2. The van der Waals surface area contributed by atoms with Gasteiger partial charge in [0.1, 0.15) is 0 Å². The molecule has 3 aromatic rings. The van der Waals surface area contributed by atoms with E-state index in [1.165, 1.54) is 31.3 Å². The number of hydrogen-bond donors (Lipinski definition) is 1. The maximum absolute atomic E-state index is 12.4. The van der Waals surface area contributed by atoms with Crippen LogP contribution >= 0.6 is 23.2 Å². The highest BCUT2D eigenvalue weighted by atomic mass is 35.5. The Labute approximate surface area is 183 Å². The van der Waals surface area contributed by atoms with Crippen molar-refractivity contribution in [2.45, 2.75) is 20.8 Å². The smallest absolute Gasteiger partial charge is 0.273 e. The highest BCUT2D eigenvalue weighted by Gasteiger charge is 2.17. The molecule has 2 aromatic carbocycles. The van der Waals surface area contributed by atoms with E-state index >= 15 is 0 Å². The maximum atomic E-state index is 12.4. The monoisotopic (exact) mass is 444 g/mol. The summed E-state index contributed by atoms with van der Waals surface area (Å²) in [7, 11) is 0. The number of carbonyl (C=O) groups is 1. The van der Waals surface area contributed by atoms with E-state index in [0.717, 1.165) is 22.6 Å². The van der Waals surface area contributed by atoms with Gasteiger partial charge in [0.2, 0.25) is 0 Å². The Morgan fingerprint density at radius 3 is 2.43 bits per heavy atom. The van der Waals surface area contributed by atoms with Crippen LogP contribution in [-0.2, 0) is 0 Å². The summed E-state index contributed by atoms with van der Waals surface area (Å²) in [5.74, 6) is -0.525. The molecule has 0 unspecified atom stereocenters. The first-order chi connectivity index (χ1) is 14.2. The molecule has 0 atom stereocenters. The molecule has 154 valence electrons. The molecule has 0 aliphatic carbocycles. The number of benzene rings is 2. The SMILES string of the molecule is Cc1c(C(=O)N/N=C\c2cc(C)n(-c3cc(Cl)cc(Cl)c3)c2C)cccc1[N+](=O)[O-]. The van der Waals surface area contributed by atoms with E-state index in [9.17, 15) is 14.9 Å². The Hall–Kier alpha value is -3.16. The minimum absolute atomic E-state index is 0.115. The number of amides is 1. The number of rotatable bonds is 5. The Balaban J connectivity index is 1.83. The molecule has 1 heterocycles. The number of halogens is 2. The van der Waals surface area contributed by atoms with E-state index in [0.29, 0.717) is 10.0 Å². The quantitative estimate of drug-likeness (QED) is 0.325. The molecule has 0 radical (unpaired) electrons.